The highest BCUT2D eigenvalue weighted by molar-refractivity contribution is 5.82. The summed E-state index contributed by atoms with van der Waals surface area (Å²) in [5.41, 5.74) is -0.461. The largest absolute Gasteiger partial charge is 0.480 e. The number of carboxylic acids is 1. The number of urea groups is 1. The van der Waals surface area contributed by atoms with Crippen molar-refractivity contribution >= 4 is 12.0 Å². The second kappa shape index (κ2) is 6.44. The lowest BCUT2D eigenvalue weighted by Gasteiger charge is -2.27. The molecule has 0 aliphatic rings. The molecule has 0 aromatic carbocycles. The maximum Gasteiger partial charge on any atom is 0.326 e. The summed E-state index contributed by atoms with van der Waals surface area (Å²) in [6.45, 7) is 7.94. The first-order valence-electron chi connectivity index (χ1n) is 5.58. The molecular formula is C11H22N2O4. The molecule has 0 spiro atoms. The lowest BCUT2D eigenvalue weighted by Crippen LogP contribution is -2.49. The summed E-state index contributed by atoms with van der Waals surface area (Å²) >= 11 is 0. The molecule has 0 bridgehead atoms. The molecule has 0 rings (SSSR count). The number of amides is 2. The van der Waals surface area contributed by atoms with Gasteiger partial charge in [-0.1, -0.05) is 0 Å². The van der Waals surface area contributed by atoms with Gasteiger partial charge in [-0.3, -0.25) is 0 Å². The Bertz CT molecular complexity index is 279. The molecule has 0 aliphatic carbocycles. The summed E-state index contributed by atoms with van der Waals surface area (Å²) in [4.78, 5) is 23.5. The number of nitrogens with zero attached hydrogens (tertiary/aromatic N) is 1. The normalized spacial score (nSPS) is 13.0. The van der Waals surface area contributed by atoms with Gasteiger partial charge in [-0.05, 0) is 27.7 Å². The van der Waals surface area contributed by atoms with Crippen molar-refractivity contribution in [3.63, 3.8) is 0 Å². The van der Waals surface area contributed by atoms with Crippen molar-refractivity contribution in [3.8, 4) is 0 Å². The lowest BCUT2D eigenvalue weighted by atomic mass is 10.1. The summed E-state index contributed by atoms with van der Waals surface area (Å²) in [5.74, 6) is -1.04. The van der Waals surface area contributed by atoms with E-state index in [0.29, 0.717) is 13.2 Å². The molecule has 0 aromatic heterocycles. The molecule has 1 atom stereocenters. The highest BCUT2D eigenvalue weighted by Gasteiger charge is 2.24. The summed E-state index contributed by atoms with van der Waals surface area (Å²) in [7, 11) is 1.45. The third-order valence-corrected chi connectivity index (χ3v) is 2.46. The second-order valence-electron chi connectivity index (χ2n) is 4.48. The van der Waals surface area contributed by atoms with Gasteiger partial charge in [-0.15, -0.1) is 0 Å². The first-order valence-corrected chi connectivity index (χ1v) is 5.58. The minimum Gasteiger partial charge on any atom is -0.480 e. The van der Waals surface area contributed by atoms with Crippen LogP contribution in [0, 0.1) is 0 Å². The zero-order valence-electron chi connectivity index (χ0n) is 11.1. The Morgan fingerprint density at radius 3 is 2.41 bits per heavy atom. The van der Waals surface area contributed by atoms with E-state index in [0.717, 1.165) is 4.90 Å². The van der Waals surface area contributed by atoms with Crippen LogP contribution in [0.4, 0.5) is 4.79 Å². The topological polar surface area (TPSA) is 78.9 Å². The van der Waals surface area contributed by atoms with Gasteiger partial charge in [0.25, 0.3) is 0 Å². The van der Waals surface area contributed by atoms with Gasteiger partial charge in [-0.25, -0.2) is 9.59 Å². The number of hydrogen-bond donors (Lipinski definition) is 2. The van der Waals surface area contributed by atoms with E-state index in [-0.39, 0.29) is 0 Å². The van der Waals surface area contributed by atoms with Crippen molar-refractivity contribution in [2.75, 3.05) is 20.2 Å². The number of nitrogens with one attached hydrogen (secondary N) is 1. The predicted molar refractivity (Wildman–Crippen MR) is 64.0 cm³/mol. The first-order chi connectivity index (χ1) is 7.71. The van der Waals surface area contributed by atoms with Crippen molar-refractivity contribution in [1.82, 2.24) is 10.2 Å². The molecule has 6 nitrogen and oxygen atoms in total. The van der Waals surface area contributed by atoms with Gasteiger partial charge in [0.2, 0.25) is 0 Å². The maximum absolute atomic E-state index is 11.6. The summed E-state index contributed by atoms with van der Waals surface area (Å²) < 4.78 is 5.42. The number of carbonyl (C=O) groups is 2. The zero-order chi connectivity index (χ0) is 13.6. The van der Waals surface area contributed by atoms with E-state index in [1.807, 2.05) is 20.8 Å². The molecule has 0 aliphatic heterocycles. The van der Waals surface area contributed by atoms with E-state index in [9.17, 15) is 9.59 Å². The molecule has 0 saturated heterocycles. The Hall–Kier alpha value is -1.30. The molecule has 0 radical (unpaired) electrons. The van der Waals surface area contributed by atoms with Gasteiger partial charge in [0.15, 0.2) is 0 Å². The van der Waals surface area contributed by atoms with Crippen LogP contribution in [0.2, 0.25) is 0 Å². The Kier molecular flexibility index (Phi) is 5.95. The van der Waals surface area contributed by atoms with Gasteiger partial charge in [0.1, 0.15) is 6.04 Å². The monoisotopic (exact) mass is 246 g/mol. The first kappa shape index (κ1) is 15.7. The number of carbonyl (C=O) groups excluding carboxylic acids is 1. The van der Waals surface area contributed by atoms with E-state index in [1.54, 1.807) is 0 Å². The van der Waals surface area contributed by atoms with Gasteiger partial charge in [-0.2, -0.15) is 0 Å². The number of rotatable bonds is 6. The van der Waals surface area contributed by atoms with Crippen LogP contribution in [-0.4, -0.2) is 53.8 Å². The number of ether oxygens (including phenoxy) is 1. The van der Waals surface area contributed by atoms with Crippen LogP contribution >= 0.6 is 0 Å². The van der Waals surface area contributed by atoms with E-state index in [1.165, 1.54) is 14.0 Å². The SMILES string of the molecule is CCOC(C)(C)CNC(=O)N(C)C(C)C(=O)O. The molecule has 0 heterocycles. The predicted octanol–water partition coefficient (Wildman–Crippen LogP) is 0.916. The van der Waals surface area contributed by atoms with Crippen LogP contribution in [0.5, 0.6) is 0 Å². The average Bonchev–Trinajstić information content (AvgIpc) is 2.23. The molecule has 2 amide bonds. The van der Waals surface area contributed by atoms with Crippen molar-refractivity contribution < 1.29 is 19.4 Å². The van der Waals surface area contributed by atoms with E-state index < -0.39 is 23.6 Å². The number of hydrogen-bond acceptors (Lipinski definition) is 3. The lowest BCUT2D eigenvalue weighted by molar-refractivity contribution is -0.141. The van der Waals surface area contributed by atoms with E-state index in [2.05, 4.69) is 5.32 Å². The van der Waals surface area contributed by atoms with Crippen LogP contribution in [0.1, 0.15) is 27.7 Å². The van der Waals surface area contributed by atoms with E-state index in [4.69, 9.17) is 9.84 Å². The van der Waals surface area contributed by atoms with Crippen LogP contribution in [-0.2, 0) is 9.53 Å². The Morgan fingerprint density at radius 2 is 2.00 bits per heavy atom. The highest BCUT2D eigenvalue weighted by Crippen LogP contribution is 2.07. The van der Waals surface area contributed by atoms with Crippen molar-refractivity contribution in [2.45, 2.75) is 39.3 Å². The molecule has 100 valence electrons. The van der Waals surface area contributed by atoms with Crippen LogP contribution in [0.3, 0.4) is 0 Å². The van der Waals surface area contributed by atoms with Crippen molar-refractivity contribution in [3.05, 3.63) is 0 Å². The summed E-state index contributed by atoms with van der Waals surface area (Å²) in [6, 6.07) is -1.28. The maximum atomic E-state index is 11.6. The second-order valence-corrected chi connectivity index (χ2v) is 4.48. The van der Waals surface area contributed by atoms with Gasteiger partial charge in [0.05, 0.1) is 5.60 Å². The quantitative estimate of drug-likeness (QED) is 0.730. The van der Waals surface area contributed by atoms with Gasteiger partial charge >= 0.3 is 12.0 Å². The molecule has 1 unspecified atom stereocenters. The van der Waals surface area contributed by atoms with Crippen molar-refractivity contribution in [2.24, 2.45) is 0 Å². The van der Waals surface area contributed by atoms with Gasteiger partial charge in [0, 0.05) is 20.2 Å². The van der Waals surface area contributed by atoms with Crippen LogP contribution in [0.25, 0.3) is 0 Å². The smallest absolute Gasteiger partial charge is 0.326 e. The zero-order valence-corrected chi connectivity index (χ0v) is 11.1. The molecule has 17 heavy (non-hydrogen) atoms. The minimum absolute atomic E-state index is 0.330. The average molecular weight is 246 g/mol. The molecular weight excluding hydrogens is 224 g/mol. The third-order valence-electron chi connectivity index (χ3n) is 2.46. The Morgan fingerprint density at radius 1 is 1.47 bits per heavy atom. The molecule has 0 aromatic rings. The summed E-state index contributed by atoms with van der Waals surface area (Å²) in [6.07, 6.45) is 0. The fraction of sp³-hybridized carbons (Fsp3) is 0.818. The molecule has 0 saturated carbocycles. The molecule has 6 heteroatoms. The number of aliphatic carboxylic acids is 1. The Labute approximate surface area is 102 Å². The number of likely N-dealkylation sites (N-methyl/N-ethyl adjacent to an activating group) is 1. The fourth-order valence-corrected chi connectivity index (χ4v) is 1.20. The third kappa shape index (κ3) is 5.53. The molecule has 0 fully saturated rings. The fourth-order valence-electron chi connectivity index (χ4n) is 1.20. The van der Waals surface area contributed by atoms with E-state index >= 15 is 0 Å². The Balaban J connectivity index is 4.23. The number of carboxylic acid groups (broad SMARTS) is 1. The standard InChI is InChI=1S/C11H22N2O4/c1-6-17-11(3,4)7-12-10(16)13(5)8(2)9(14)15/h8H,6-7H2,1-5H3,(H,12,16)(H,14,15). The minimum atomic E-state index is -1.04. The van der Waals surface area contributed by atoms with Gasteiger partial charge < -0.3 is 20.1 Å². The van der Waals surface area contributed by atoms with Crippen LogP contribution < -0.4 is 5.32 Å². The highest BCUT2D eigenvalue weighted by atomic mass is 16.5. The van der Waals surface area contributed by atoms with Crippen molar-refractivity contribution in [1.29, 1.82) is 0 Å². The van der Waals surface area contributed by atoms with Crippen LogP contribution in [0.15, 0.2) is 0 Å². The molecule has 2 N–H and O–H groups in total. The summed E-state index contributed by atoms with van der Waals surface area (Å²) in [5, 5.41) is 11.4.